The number of carbonyl (C=O) groups excluding carboxylic acids is 3. The lowest BCUT2D eigenvalue weighted by Crippen LogP contribution is -2.41. The van der Waals surface area contributed by atoms with Crippen molar-refractivity contribution in [2.75, 3.05) is 20.3 Å². The topological polar surface area (TPSA) is 82.1 Å². The normalized spacial score (nSPS) is 26.9. The number of methoxy groups -OCH3 is 1. The van der Waals surface area contributed by atoms with E-state index < -0.39 is 12.0 Å². The van der Waals surface area contributed by atoms with Crippen molar-refractivity contribution in [2.24, 2.45) is 5.92 Å². The number of carbonyl (C=O) groups is 3. The molecule has 4 rings (SSSR count). The van der Waals surface area contributed by atoms with Crippen molar-refractivity contribution in [3.8, 4) is 0 Å². The molecule has 0 saturated heterocycles. The average molecular weight is 476 g/mol. The summed E-state index contributed by atoms with van der Waals surface area (Å²) in [4.78, 5) is 40.6. The van der Waals surface area contributed by atoms with Gasteiger partial charge in [-0.2, -0.15) is 0 Å². The maximum Gasteiger partial charge on any atom is 0.337 e. The fraction of sp³-hybridized carbons (Fsp3) is 0.560. The summed E-state index contributed by atoms with van der Waals surface area (Å²) in [5, 5.41) is -0.0693. The predicted molar refractivity (Wildman–Crippen MR) is 122 cm³/mol. The molecule has 0 aromatic heterocycles. The molecular formula is C25H30ClNO6. The molecule has 0 bridgehead atoms. The van der Waals surface area contributed by atoms with Gasteiger partial charge >= 0.3 is 5.97 Å². The molecule has 178 valence electrons. The Balaban J connectivity index is 1.66. The van der Waals surface area contributed by atoms with Crippen LogP contribution in [0.2, 0.25) is 0 Å². The van der Waals surface area contributed by atoms with E-state index in [1.54, 1.807) is 29.2 Å². The van der Waals surface area contributed by atoms with Crippen molar-refractivity contribution in [3.05, 3.63) is 46.7 Å². The Morgan fingerprint density at radius 1 is 1.21 bits per heavy atom. The van der Waals surface area contributed by atoms with Gasteiger partial charge in [-0.25, -0.2) is 4.79 Å². The summed E-state index contributed by atoms with van der Waals surface area (Å²) in [6.07, 6.45) is 2.40. The molecule has 4 atom stereocenters. The minimum Gasteiger partial charge on any atom is -0.483 e. The molecule has 1 amide bonds. The van der Waals surface area contributed by atoms with Crippen molar-refractivity contribution < 1.29 is 28.6 Å². The monoisotopic (exact) mass is 475 g/mol. The van der Waals surface area contributed by atoms with Crippen molar-refractivity contribution in [1.29, 1.82) is 0 Å². The highest BCUT2D eigenvalue weighted by atomic mass is 35.5. The standard InChI is InChI=1S/C25H30ClNO6/c1-14(2)32-12-4-11-27-21(15-5-7-16(8-6-15)25(30)31-3)20-22(28)18-13-17(26)9-10-19(18)33-23(20)24(27)29/h5-8,14,17-19,21H,4,9-13H2,1-3H3. The predicted octanol–water partition coefficient (Wildman–Crippen LogP) is 3.80. The number of rotatable bonds is 7. The number of nitrogens with zero attached hydrogens (tertiary/aromatic N) is 1. The zero-order chi connectivity index (χ0) is 23.7. The van der Waals surface area contributed by atoms with E-state index in [0.29, 0.717) is 43.6 Å². The molecule has 1 aromatic carbocycles. The minimum absolute atomic E-state index is 0.0528. The number of esters is 1. The maximum atomic E-state index is 13.6. The molecular weight excluding hydrogens is 446 g/mol. The number of benzene rings is 1. The second-order valence-corrected chi connectivity index (χ2v) is 9.69. The van der Waals surface area contributed by atoms with Gasteiger partial charge in [-0.3, -0.25) is 9.59 Å². The van der Waals surface area contributed by atoms with Crippen LogP contribution < -0.4 is 0 Å². The van der Waals surface area contributed by atoms with E-state index in [1.807, 2.05) is 13.8 Å². The molecule has 1 aliphatic carbocycles. The molecule has 8 heteroatoms. The van der Waals surface area contributed by atoms with Crippen molar-refractivity contribution in [3.63, 3.8) is 0 Å². The zero-order valence-electron chi connectivity index (χ0n) is 19.2. The lowest BCUT2D eigenvalue weighted by Gasteiger charge is -2.37. The summed E-state index contributed by atoms with van der Waals surface area (Å²) < 4.78 is 16.6. The second kappa shape index (κ2) is 9.85. The molecule has 2 aliphatic heterocycles. The first kappa shape index (κ1) is 23.8. The Labute approximate surface area is 199 Å². The molecule has 4 unspecified atom stereocenters. The Kier molecular flexibility index (Phi) is 7.10. The molecule has 0 radical (unpaired) electrons. The van der Waals surface area contributed by atoms with Crippen molar-refractivity contribution in [1.82, 2.24) is 4.90 Å². The third kappa shape index (κ3) is 4.66. The summed E-state index contributed by atoms with van der Waals surface area (Å²) in [6, 6.07) is 6.26. The highest BCUT2D eigenvalue weighted by Crippen LogP contribution is 2.47. The molecule has 1 fully saturated rings. The Hall–Kier alpha value is -2.38. The van der Waals surface area contributed by atoms with E-state index in [1.165, 1.54) is 7.11 Å². The van der Waals surface area contributed by atoms with Gasteiger partial charge in [0, 0.05) is 18.5 Å². The largest absolute Gasteiger partial charge is 0.483 e. The van der Waals surface area contributed by atoms with Crippen LogP contribution in [0.1, 0.15) is 61.5 Å². The maximum absolute atomic E-state index is 13.6. The number of halogens is 1. The first-order chi connectivity index (χ1) is 15.8. The number of hydrogen-bond donors (Lipinski definition) is 0. The summed E-state index contributed by atoms with van der Waals surface area (Å²) in [6.45, 7) is 4.86. The molecule has 33 heavy (non-hydrogen) atoms. The van der Waals surface area contributed by atoms with Gasteiger partial charge < -0.3 is 19.1 Å². The molecule has 2 heterocycles. The number of fused-ring (bicyclic) bond motifs is 1. The summed E-state index contributed by atoms with van der Waals surface area (Å²) in [5.74, 6) is -0.934. The molecule has 1 aromatic rings. The minimum atomic E-state index is -0.567. The second-order valence-electron chi connectivity index (χ2n) is 9.07. The lowest BCUT2D eigenvalue weighted by atomic mass is 9.77. The van der Waals surface area contributed by atoms with Gasteiger partial charge in [0.2, 0.25) is 0 Å². The summed E-state index contributed by atoms with van der Waals surface area (Å²) in [7, 11) is 1.33. The van der Waals surface area contributed by atoms with E-state index in [2.05, 4.69) is 0 Å². The van der Waals surface area contributed by atoms with Crippen LogP contribution in [0.3, 0.4) is 0 Å². The van der Waals surface area contributed by atoms with Crippen LogP contribution in [0, 0.1) is 5.92 Å². The van der Waals surface area contributed by atoms with Crippen LogP contribution in [0.5, 0.6) is 0 Å². The van der Waals surface area contributed by atoms with Crippen LogP contribution in [0.25, 0.3) is 0 Å². The van der Waals surface area contributed by atoms with E-state index in [9.17, 15) is 14.4 Å². The third-order valence-corrected chi connectivity index (χ3v) is 6.92. The van der Waals surface area contributed by atoms with Crippen LogP contribution in [0.4, 0.5) is 0 Å². The average Bonchev–Trinajstić information content (AvgIpc) is 3.08. The number of ether oxygens (including phenoxy) is 3. The van der Waals surface area contributed by atoms with Gasteiger partial charge in [-0.1, -0.05) is 12.1 Å². The van der Waals surface area contributed by atoms with E-state index in [0.717, 1.165) is 12.0 Å². The molecule has 1 saturated carbocycles. The number of hydrogen-bond acceptors (Lipinski definition) is 6. The van der Waals surface area contributed by atoms with Crippen LogP contribution >= 0.6 is 11.6 Å². The van der Waals surface area contributed by atoms with Gasteiger partial charge in [0.15, 0.2) is 11.5 Å². The highest BCUT2D eigenvalue weighted by Gasteiger charge is 2.52. The van der Waals surface area contributed by atoms with Gasteiger partial charge in [0.05, 0.1) is 36.3 Å². The highest BCUT2D eigenvalue weighted by molar-refractivity contribution is 6.21. The first-order valence-corrected chi connectivity index (χ1v) is 12.0. The molecule has 3 aliphatic rings. The summed E-state index contributed by atoms with van der Waals surface area (Å²) in [5.41, 5.74) is 1.56. The van der Waals surface area contributed by atoms with Crippen molar-refractivity contribution >= 4 is 29.3 Å². The van der Waals surface area contributed by atoms with Crippen LogP contribution in [-0.4, -0.2) is 60.4 Å². The van der Waals surface area contributed by atoms with Gasteiger partial charge in [-0.05, 0) is 57.2 Å². The number of alkyl halides is 1. The number of amides is 1. The van der Waals surface area contributed by atoms with Gasteiger partial charge in [0.1, 0.15) is 6.10 Å². The lowest BCUT2D eigenvalue weighted by molar-refractivity contribution is -0.135. The molecule has 0 spiro atoms. The van der Waals surface area contributed by atoms with Crippen LogP contribution in [-0.2, 0) is 23.8 Å². The zero-order valence-corrected chi connectivity index (χ0v) is 20.0. The number of Topliss-reactive ketones (excluding diaryl/α,β-unsaturated/α-hetero) is 1. The first-order valence-electron chi connectivity index (χ1n) is 11.5. The van der Waals surface area contributed by atoms with Crippen molar-refractivity contribution in [2.45, 2.75) is 63.2 Å². The number of ketones is 1. The Morgan fingerprint density at radius 3 is 2.61 bits per heavy atom. The van der Waals surface area contributed by atoms with Gasteiger partial charge in [0.25, 0.3) is 5.91 Å². The quantitative estimate of drug-likeness (QED) is 0.339. The fourth-order valence-corrected chi connectivity index (χ4v) is 5.23. The fourth-order valence-electron chi connectivity index (χ4n) is 4.91. The smallest absolute Gasteiger partial charge is 0.337 e. The third-order valence-electron chi connectivity index (χ3n) is 6.52. The molecule has 0 N–H and O–H groups in total. The van der Waals surface area contributed by atoms with Gasteiger partial charge in [-0.15, -0.1) is 11.6 Å². The van der Waals surface area contributed by atoms with E-state index >= 15 is 0 Å². The van der Waals surface area contributed by atoms with E-state index in [-0.39, 0.29) is 41.0 Å². The Morgan fingerprint density at radius 2 is 1.94 bits per heavy atom. The SMILES string of the molecule is COC(=O)c1ccc(C2C3=C(OC4CCC(Cl)CC4C3=O)C(=O)N2CCCOC(C)C)cc1. The van der Waals surface area contributed by atoms with E-state index in [4.69, 9.17) is 25.8 Å². The molecule has 7 nitrogen and oxygen atoms in total. The summed E-state index contributed by atoms with van der Waals surface area (Å²) >= 11 is 6.37. The Bertz CT molecular complexity index is 956. The van der Waals surface area contributed by atoms with Crippen LogP contribution in [0.15, 0.2) is 35.6 Å².